The summed E-state index contributed by atoms with van der Waals surface area (Å²) in [5.41, 5.74) is 15.1. The van der Waals surface area contributed by atoms with Crippen LogP contribution in [0.15, 0.2) is 84.0 Å². The molecule has 5 nitrogen and oxygen atoms in total. The van der Waals surface area contributed by atoms with Crippen molar-refractivity contribution in [3.8, 4) is 22.6 Å². The van der Waals surface area contributed by atoms with Crippen molar-refractivity contribution in [2.75, 3.05) is 4.90 Å². The summed E-state index contributed by atoms with van der Waals surface area (Å²) in [5, 5.41) is 0. The Hall–Kier alpha value is -4.90. The highest BCUT2D eigenvalue weighted by Gasteiger charge is 2.39. The van der Waals surface area contributed by atoms with Crippen molar-refractivity contribution in [3.63, 3.8) is 0 Å². The van der Waals surface area contributed by atoms with Gasteiger partial charge in [0.15, 0.2) is 0 Å². The number of anilines is 3. The second-order valence-corrected chi connectivity index (χ2v) is 17.0. The van der Waals surface area contributed by atoms with E-state index in [1.807, 2.05) is 6.20 Å². The molecule has 0 amide bonds. The highest BCUT2D eigenvalue weighted by atomic mass is 16.5. The van der Waals surface area contributed by atoms with Crippen LogP contribution in [0.2, 0.25) is 0 Å². The molecule has 4 aromatic carbocycles. The number of hydrogen-bond acceptors (Lipinski definition) is 5. The van der Waals surface area contributed by atoms with Crippen molar-refractivity contribution in [1.29, 1.82) is 0 Å². The van der Waals surface area contributed by atoms with Crippen LogP contribution in [0, 0.1) is 34.6 Å². The smallest absolute Gasteiger partial charge is 0.216 e. The van der Waals surface area contributed by atoms with Crippen LogP contribution < -0.4 is 9.64 Å². The fourth-order valence-electron chi connectivity index (χ4n) is 8.69. The monoisotopic (exact) mass is 689 g/mol. The lowest BCUT2D eigenvalue weighted by atomic mass is 9.72. The van der Waals surface area contributed by atoms with Crippen LogP contribution in [0.25, 0.3) is 11.1 Å². The van der Waals surface area contributed by atoms with E-state index < -0.39 is 0 Å². The summed E-state index contributed by atoms with van der Waals surface area (Å²) in [6.07, 6.45) is 5.45. The number of pyridine rings is 1. The quantitative estimate of drug-likeness (QED) is 0.184. The molecular formula is C47H51N3O2. The molecule has 0 saturated heterocycles. The Bertz CT molecular complexity index is 2250. The van der Waals surface area contributed by atoms with Crippen LogP contribution in [0.3, 0.4) is 0 Å². The first-order chi connectivity index (χ1) is 24.7. The average molecular weight is 690 g/mol. The third-order valence-electron chi connectivity index (χ3n) is 11.4. The van der Waals surface area contributed by atoms with Crippen molar-refractivity contribution >= 4 is 23.1 Å². The maximum Gasteiger partial charge on any atom is 0.216 e. The van der Waals surface area contributed by atoms with E-state index in [2.05, 4.69) is 147 Å². The Morgan fingerprint density at radius 3 is 2.21 bits per heavy atom. The van der Waals surface area contributed by atoms with Crippen molar-refractivity contribution in [1.82, 2.24) is 4.98 Å². The largest absolute Gasteiger partial charge is 0.472 e. The molecule has 5 aromatic rings. The third-order valence-corrected chi connectivity index (χ3v) is 11.4. The SMILES string of the molecule is Cc1cc(C)c(-c2cc(Oc3cc4c(cc3C)C(C)(C)c3cc(C)ccc3N4c3cc(C(C)(C)C)ccn3)cc(C3=N[C@@H]4CCC[C@@H]4O3)c2)c(C)c1. The van der Waals surface area contributed by atoms with Gasteiger partial charge in [0.05, 0.1) is 17.4 Å². The zero-order chi connectivity index (χ0) is 36.7. The molecule has 1 aliphatic carbocycles. The predicted molar refractivity (Wildman–Crippen MR) is 214 cm³/mol. The van der Waals surface area contributed by atoms with Gasteiger partial charge in [-0.3, -0.25) is 4.90 Å². The standard InChI is InChI=1S/C47H51N3O2/c1-27-14-15-39-36(20-27)47(9,10)37-21-29(3)42(26-40(37)50(39)43-25-34(16-17-48-43)46(6,7)8)51-35-23-32(44-30(4)18-28(2)19-31(44)5)22-33(24-35)45-49-38-12-11-13-41(38)52-45/h14-26,38,41H,11-13H2,1-10H3/t38-,41+/m1/s1. The molecular weight excluding hydrogens is 639 g/mol. The number of hydrogen-bond donors (Lipinski definition) is 0. The van der Waals surface area contributed by atoms with Gasteiger partial charge < -0.3 is 9.47 Å². The molecule has 0 unspecified atom stereocenters. The number of benzene rings is 4. The van der Waals surface area contributed by atoms with Gasteiger partial charge in [-0.15, -0.1) is 0 Å². The fourth-order valence-corrected chi connectivity index (χ4v) is 8.69. The second kappa shape index (κ2) is 12.4. The summed E-state index contributed by atoms with van der Waals surface area (Å²) in [5.74, 6) is 3.22. The molecule has 52 heavy (non-hydrogen) atoms. The first-order valence-corrected chi connectivity index (χ1v) is 18.9. The third kappa shape index (κ3) is 5.88. The van der Waals surface area contributed by atoms with E-state index in [0.29, 0.717) is 0 Å². The second-order valence-electron chi connectivity index (χ2n) is 17.0. The number of ether oxygens (including phenoxy) is 2. The summed E-state index contributed by atoms with van der Waals surface area (Å²) in [4.78, 5) is 12.4. The molecule has 2 atom stereocenters. The molecule has 2 aliphatic heterocycles. The number of aromatic nitrogens is 1. The highest BCUT2D eigenvalue weighted by Crippen LogP contribution is 2.54. The minimum atomic E-state index is -0.234. The van der Waals surface area contributed by atoms with E-state index in [1.54, 1.807) is 0 Å². The lowest BCUT2D eigenvalue weighted by molar-refractivity contribution is 0.211. The molecule has 0 bridgehead atoms. The van der Waals surface area contributed by atoms with Gasteiger partial charge >= 0.3 is 0 Å². The van der Waals surface area contributed by atoms with Crippen molar-refractivity contribution < 1.29 is 9.47 Å². The van der Waals surface area contributed by atoms with Crippen LogP contribution in [0.4, 0.5) is 17.2 Å². The Morgan fingerprint density at radius 1 is 0.750 bits per heavy atom. The van der Waals surface area contributed by atoms with Crippen molar-refractivity contribution in [2.45, 2.75) is 111 Å². The molecule has 0 spiro atoms. The molecule has 3 heterocycles. The number of rotatable bonds is 5. The number of aryl methyl sites for hydroxylation is 5. The first-order valence-electron chi connectivity index (χ1n) is 18.9. The Morgan fingerprint density at radius 2 is 1.48 bits per heavy atom. The summed E-state index contributed by atoms with van der Waals surface area (Å²) in [7, 11) is 0. The van der Waals surface area contributed by atoms with E-state index >= 15 is 0 Å². The lowest BCUT2D eigenvalue weighted by Crippen LogP contribution is -2.31. The predicted octanol–water partition coefficient (Wildman–Crippen LogP) is 12.2. The maximum atomic E-state index is 7.01. The number of fused-ring (bicyclic) bond motifs is 3. The van der Waals surface area contributed by atoms with Crippen LogP contribution >= 0.6 is 0 Å². The summed E-state index contributed by atoms with van der Waals surface area (Å²) in [6, 6.07) is 27.0. The van der Waals surface area contributed by atoms with Gasteiger partial charge in [-0.1, -0.05) is 70.0 Å². The molecule has 8 rings (SSSR count). The van der Waals surface area contributed by atoms with Crippen molar-refractivity contribution in [2.24, 2.45) is 4.99 Å². The Kier molecular flexibility index (Phi) is 8.13. The number of nitrogens with zero attached hydrogens (tertiary/aromatic N) is 3. The van der Waals surface area contributed by atoms with Gasteiger partial charge in [0.25, 0.3) is 0 Å². The molecule has 0 N–H and O–H groups in total. The maximum absolute atomic E-state index is 7.01. The van der Waals surface area contributed by atoms with Gasteiger partial charge in [0, 0.05) is 23.2 Å². The number of aliphatic imine (C=N–C) groups is 1. The zero-order valence-corrected chi connectivity index (χ0v) is 32.4. The lowest BCUT2D eigenvalue weighted by Gasteiger charge is -2.42. The zero-order valence-electron chi connectivity index (χ0n) is 32.4. The first kappa shape index (κ1) is 34.2. The molecule has 266 valence electrons. The minimum Gasteiger partial charge on any atom is -0.472 e. The van der Waals surface area contributed by atoms with E-state index in [-0.39, 0.29) is 23.0 Å². The summed E-state index contributed by atoms with van der Waals surface area (Å²) in [6.45, 7) is 22.3. The molecule has 1 aromatic heterocycles. The van der Waals surface area contributed by atoms with Gasteiger partial charge in [-0.2, -0.15) is 0 Å². The van der Waals surface area contributed by atoms with Gasteiger partial charge in [0.1, 0.15) is 23.4 Å². The van der Waals surface area contributed by atoms with Crippen molar-refractivity contribution in [3.05, 3.63) is 129 Å². The molecule has 1 saturated carbocycles. The summed E-state index contributed by atoms with van der Waals surface area (Å²) >= 11 is 0. The molecule has 5 heteroatoms. The average Bonchev–Trinajstić information content (AvgIpc) is 3.69. The van der Waals surface area contributed by atoms with Crippen LogP contribution in [0.1, 0.15) is 104 Å². The van der Waals surface area contributed by atoms with E-state index in [4.69, 9.17) is 19.5 Å². The topological polar surface area (TPSA) is 47.0 Å². The molecule has 3 aliphatic rings. The van der Waals surface area contributed by atoms with Gasteiger partial charge in [-0.25, -0.2) is 9.98 Å². The van der Waals surface area contributed by atoms with E-state index in [1.165, 1.54) is 50.9 Å². The molecule has 0 radical (unpaired) electrons. The molecule has 1 fully saturated rings. The van der Waals surface area contributed by atoms with Gasteiger partial charge in [-0.05, 0) is 146 Å². The van der Waals surface area contributed by atoms with Gasteiger partial charge in [0.2, 0.25) is 5.90 Å². The summed E-state index contributed by atoms with van der Waals surface area (Å²) < 4.78 is 13.5. The van der Waals surface area contributed by atoms with Crippen LogP contribution in [0.5, 0.6) is 11.5 Å². The fraction of sp³-hybridized carbons (Fsp3) is 0.362. The van der Waals surface area contributed by atoms with Crippen LogP contribution in [-0.4, -0.2) is 23.0 Å². The highest BCUT2D eigenvalue weighted by molar-refractivity contribution is 5.97. The van der Waals surface area contributed by atoms with E-state index in [9.17, 15) is 0 Å². The Balaban J connectivity index is 1.28. The Labute approximate surface area is 309 Å². The minimum absolute atomic E-state index is 0.0178. The van der Waals surface area contributed by atoms with Crippen LogP contribution in [-0.2, 0) is 15.6 Å². The normalized spacial score (nSPS) is 18.7. The van der Waals surface area contributed by atoms with E-state index in [0.717, 1.165) is 64.1 Å².